The zero-order chi connectivity index (χ0) is 19.3. The number of benzene rings is 1. The van der Waals surface area contributed by atoms with Crippen molar-refractivity contribution in [3.05, 3.63) is 44.0 Å². The van der Waals surface area contributed by atoms with Crippen molar-refractivity contribution in [1.82, 2.24) is 0 Å². The van der Waals surface area contributed by atoms with E-state index in [0.29, 0.717) is 5.92 Å². The van der Waals surface area contributed by atoms with Crippen molar-refractivity contribution >= 4 is 17.3 Å². The van der Waals surface area contributed by atoms with Gasteiger partial charge in [0.15, 0.2) is 0 Å². The third-order valence-electron chi connectivity index (χ3n) is 6.95. The first-order valence-corrected chi connectivity index (χ1v) is 8.67. The Kier molecular flexibility index (Phi) is 4.24. The maximum absolute atomic E-state index is 12.4. The van der Waals surface area contributed by atoms with E-state index in [1.54, 1.807) is 0 Å². The lowest BCUT2D eigenvalue weighted by Crippen LogP contribution is -2.34. The van der Waals surface area contributed by atoms with E-state index in [-0.39, 0.29) is 28.9 Å². The van der Waals surface area contributed by atoms with Crippen LogP contribution in [0.5, 0.6) is 0 Å². The van der Waals surface area contributed by atoms with Crippen molar-refractivity contribution in [3.8, 4) is 0 Å². The number of non-ortho nitro benzene ring substituents is 2. The number of esters is 1. The molecule has 2 bridgehead atoms. The number of nitrogens with zero attached hydrogens (tertiary/aromatic N) is 2. The lowest BCUT2D eigenvalue weighted by molar-refractivity contribution is -0.394. The summed E-state index contributed by atoms with van der Waals surface area (Å²) in [6, 6.07) is 2.86. The zero-order valence-corrected chi connectivity index (χ0v) is 15.1. The summed E-state index contributed by atoms with van der Waals surface area (Å²) in [6.45, 7) is 6.98. The molecule has 0 unspecified atom stereocenters. The van der Waals surface area contributed by atoms with Crippen LogP contribution < -0.4 is 0 Å². The minimum atomic E-state index is -0.763. The molecule has 8 heteroatoms. The quantitative estimate of drug-likeness (QED) is 0.442. The Morgan fingerprint density at radius 3 is 2.15 bits per heavy atom. The maximum atomic E-state index is 12.4. The first-order chi connectivity index (χ1) is 12.1. The van der Waals surface area contributed by atoms with Gasteiger partial charge < -0.3 is 4.74 Å². The topological polar surface area (TPSA) is 113 Å². The Labute approximate surface area is 150 Å². The molecule has 0 spiro atoms. The molecule has 0 aromatic heterocycles. The van der Waals surface area contributed by atoms with E-state index < -0.39 is 27.2 Å². The Bertz CT molecular complexity index is 758. The normalized spacial score (nSPS) is 28.7. The molecule has 2 aliphatic carbocycles. The van der Waals surface area contributed by atoms with Gasteiger partial charge in [0.25, 0.3) is 11.4 Å². The number of ether oxygens (including phenoxy) is 1. The highest BCUT2D eigenvalue weighted by molar-refractivity contribution is 5.91. The van der Waals surface area contributed by atoms with E-state index >= 15 is 0 Å². The lowest BCUT2D eigenvalue weighted by atomic mass is 9.67. The Morgan fingerprint density at radius 2 is 1.73 bits per heavy atom. The standard InChI is InChI=1S/C18H22N2O6/c1-17(2)12-4-5-18(17,3)13(8-12)10-26-16(21)11-6-14(19(22)23)9-15(7-11)20(24)25/h6-7,9,12-13H,4-5,8,10H2,1-3H3/t12-,13+,18+/m1/s1. The van der Waals surface area contributed by atoms with Crippen LogP contribution in [-0.4, -0.2) is 22.4 Å². The van der Waals surface area contributed by atoms with Crippen LogP contribution in [0.3, 0.4) is 0 Å². The highest BCUT2D eigenvalue weighted by Gasteiger charge is 2.61. The average molecular weight is 362 g/mol. The van der Waals surface area contributed by atoms with E-state index in [1.165, 1.54) is 6.42 Å². The smallest absolute Gasteiger partial charge is 0.338 e. The fourth-order valence-electron chi connectivity index (χ4n) is 4.81. The monoisotopic (exact) mass is 362 g/mol. The number of fused-ring (bicyclic) bond motifs is 2. The van der Waals surface area contributed by atoms with Crippen molar-refractivity contribution < 1.29 is 19.4 Å². The molecule has 0 aliphatic heterocycles. The third kappa shape index (κ3) is 2.73. The van der Waals surface area contributed by atoms with E-state index in [1.807, 2.05) is 0 Å². The van der Waals surface area contributed by atoms with Crippen LogP contribution in [0.2, 0.25) is 0 Å². The van der Waals surface area contributed by atoms with E-state index in [9.17, 15) is 25.0 Å². The summed E-state index contributed by atoms with van der Waals surface area (Å²) in [7, 11) is 0. The number of rotatable bonds is 5. The van der Waals surface area contributed by atoms with Crippen LogP contribution in [0.1, 0.15) is 50.4 Å². The molecule has 0 amide bonds. The van der Waals surface area contributed by atoms with Crippen molar-refractivity contribution in [2.45, 2.75) is 40.0 Å². The molecule has 2 aliphatic rings. The summed E-state index contributed by atoms with van der Waals surface area (Å²) in [5, 5.41) is 21.9. The van der Waals surface area contributed by atoms with Crippen LogP contribution in [0.15, 0.2) is 18.2 Å². The molecule has 2 fully saturated rings. The van der Waals surface area contributed by atoms with Crippen LogP contribution in [0.4, 0.5) is 11.4 Å². The Balaban J connectivity index is 1.75. The number of hydrogen-bond donors (Lipinski definition) is 0. The summed E-state index contributed by atoms with van der Waals surface area (Å²) in [5.41, 5.74) is -0.891. The number of hydrogen-bond acceptors (Lipinski definition) is 6. The van der Waals surface area contributed by atoms with Gasteiger partial charge in [0, 0.05) is 12.1 Å². The molecule has 140 valence electrons. The molecule has 3 rings (SSSR count). The first-order valence-electron chi connectivity index (χ1n) is 8.67. The van der Waals surface area contributed by atoms with Gasteiger partial charge in [-0.3, -0.25) is 20.2 Å². The number of nitro benzene ring substituents is 2. The van der Waals surface area contributed by atoms with Gasteiger partial charge in [0.2, 0.25) is 0 Å². The Morgan fingerprint density at radius 1 is 1.15 bits per heavy atom. The van der Waals surface area contributed by atoms with Crippen molar-refractivity contribution in [3.63, 3.8) is 0 Å². The van der Waals surface area contributed by atoms with Crippen LogP contribution in [-0.2, 0) is 4.74 Å². The molecule has 0 N–H and O–H groups in total. The van der Waals surface area contributed by atoms with Gasteiger partial charge in [-0.15, -0.1) is 0 Å². The molecule has 0 saturated heterocycles. The predicted octanol–water partition coefficient (Wildman–Crippen LogP) is 4.12. The van der Waals surface area contributed by atoms with Gasteiger partial charge in [0.1, 0.15) is 0 Å². The maximum Gasteiger partial charge on any atom is 0.338 e. The number of carbonyl (C=O) groups is 1. The van der Waals surface area contributed by atoms with E-state index in [0.717, 1.165) is 31.0 Å². The van der Waals surface area contributed by atoms with E-state index in [2.05, 4.69) is 20.8 Å². The van der Waals surface area contributed by atoms with Gasteiger partial charge in [-0.2, -0.15) is 0 Å². The molecule has 2 saturated carbocycles. The van der Waals surface area contributed by atoms with Gasteiger partial charge in [-0.1, -0.05) is 20.8 Å². The predicted molar refractivity (Wildman–Crippen MR) is 92.8 cm³/mol. The fourth-order valence-corrected chi connectivity index (χ4v) is 4.81. The second-order valence-corrected chi connectivity index (χ2v) is 8.16. The average Bonchev–Trinajstić information content (AvgIpc) is 2.92. The summed E-state index contributed by atoms with van der Waals surface area (Å²) in [4.78, 5) is 32.7. The van der Waals surface area contributed by atoms with Crippen molar-refractivity contribution in [2.24, 2.45) is 22.7 Å². The molecule has 0 heterocycles. The SMILES string of the molecule is CC1(C)[C@@H]2CC[C@@]1(C)[C@H](COC(=O)c1cc([N+](=O)[O-])cc([N+](=O)[O-])c1)C2. The summed E-state index contributed by atoms with van der Waals surface area (Å²) < 4.78 is 5.41. The van der Waals surface area contributed by atoms with Gasteiger partial charge in [0.05, 0.1) is 28.1 Å². The summed E-state index contributed by atoms with van der Waals surface area (Å²) in [6.07, 6.45) is 3.27. The minimum absolute atomic E-state index is 0.0899. The summed E-state index contributed by atoms with van der Waals surface area (Å²) >= 11 is 0. The largest absolute Gasteiger partial charge is 0.462 e. The van der Waals surface area contributed by atoms with Crippen LogP contribution in [0.25, 0.3) is 0 Å². The summed E-state index contributed by atoms with van der Waals surface area (Å²) in [5.74, 6) is 0.0740. The molecular weight excluding hydrogens is 340 g/mol. The molecule has 3 atom stereocenters. The van der Waals surface area contributed by atoms with Gasteiger partial charge >= 0.3 is 5.97 Å². The third-order valence-corrected chi connectivity index (χ3v) is 6.95. The Hall–Kier alpha value is -2.51. The molecule has 8 nitrogen and oxygen atoms in total. The van der Waals surface area contributed by atoms with Crippen LogP contribution in [0, 0.1) is 42.9 Å². The van der Waals surface area contributed by atoms with Crippen molar-refractivity contribution in [2.75, 3.05) is 6.61 Å². The van der Waals surface area contributed by atoms with E-state index in [4.69, 9.17) is 4.74 Å². The number of carbonyl (C=O) groups excluding carboxylic acids is 1. The molecule has 1 aromatic carbocycles. The van der Waals surface area contributed by atoms with Crippen molar-refractivity contribution in [1.29, 1.82) is 0 Å². The highest BCUT2D eigenvalue weighted by atomic mass is 16.6. The highest BCUT2D eigenvalue weighted by Crippen LogP contribution is 2.68. The van der Waals surface area contributed by atoms with Gasteiger partial charge in [-0.25, -0.2) is 4.79 Å². The second-order valence-electron chi connectivity index (χ2n) is 8.16. The molecular formula is C18H22N2O6. The number of nitro groups is 2. The molecule has 1 aromatic rings. The molecule has 26 heavy (non-hydrogen) atoms. The lowest BCUT2D eigenvalue weighted by Gasteiger charge is -2.39. The molecule has 0 radical (unpaired) electrons. The van der Waals surface area contributed by atoms with Crippen LogP contribution >= 0.6 is 0 Å². The fraction of sp³-hybridized carbons (Fsp3) is 0.611. The zero-order valence-electron chi connectivity index (χ0n) is 15.1. The second kappa shape index (κ2) is 6.03. The minimum Gasteiger partial charge on any atom is -0.462 e. The first kappa shape index (κ1) is 18.3. The van der Waals surface area contributed by atoms with Gasteiger partial charge in [-0.05, 0) is 41.9 Å².